The minimum Gasteiger partial charge on any atom is -0.452 e. The van der Waals surface area contributed by atoms with Crippen molar-refractivity contribution in [2.24, 2.45) is 0 Å². The van der Waals surface area contributed by atoms with Crippen LogP contribution >= 0.6 is 0 Å². The lowest BCUT2D eigenvalue weighted by molar-refractivity contribution is -0.130. The summed E-state index contributed by atoms with van der Waals surface area (Å²) in [5.74, 6) is 1.99. The molecular formula is C25H34N2O4. The molecule has 6 heteroatoms. The first-order valence-corrected chi connectivity index (χ1v) is 11.9. The monoisotopic (exact) mass is 426 g/mol. The van der Waals surface area contributed by atoms with E-state index in [4.69, 9.17) is 14.2 Å². The standard InChI is InChI=1S/C25H34N2O4/c1-29-23-16-26(17-23)14-15-30-21-10-6-20(7-11-21)27-13-12-24(25(27)28)31-22-8-4-19(5-9-22)18-2-3-18/h4-5,8-9,12,18,20-21,23H,2-3,6-7,10-11,13-17H2,1H3/t20-,21-. The second-order valence-corrected chi connectivity index (χ2v) is 9.39. The summed E-state index contributed by atoms with van der Waals surface area (Å²) in [6.07, 6.45) is 9.28. The molecule has 31 heavy (non-hydrogen) atoms. The third kappa shape index (κ3) is 4.97. The maximum Gasteiger partial charge on any atom is 0.289 e. The van der Waals surface area contributed by atoms with Crippen LogP contribution in [0.15, 0.2) is 36.1 Å². The molecule has 1 aromatic rings. The van der Waals surface area contributed by atoms with Gasteiger partial charge in [0.15, 0.2) is 5.76 Å². The Morgan fingerprint density at radius 1 is 0.968 bits per heavy atom. The van der Waals surface area contributed by atoms with Crippen molar-refractivity contribution in [2.45, 2.75) is 62.7 Å². The van der Waals surface area contributed by atoms with Crippen molar-refractivity contribution in [2.75, 3.05) is 39.9 Å². The number of amides is 1. The second-order valence-electron chi connectivity index (χ2n) is 9.39. The molecule has 5 rings (SSSR count). The topological polar surface area (TPSA) is 51.2 Å². The summed E-state index contributed by atoms with van der Waals surface area (Å²) in [6, 6.07) is 8.53. The van der Waals surface area contributed by atoms with Crippen LogP contribution in [0, 0.1) is 0 Å². The Hall–Kier alpha value is -1.89. The molecule has 2 aliphatic heterocycles. The lowest BCUT2D eigenvalue weighted by atomic mass is 9.92. The fourth-order valence-corrected chi connectivity index (χ4v) is 4.97. The van der Waals surface area contributed by atoms with Crippen molar-refractivity contribution in [1.82, 2.24) is 9.80 Å². The van der Waals surface area contributed by atoms with Crippen LogP contribution in [0.25, 0.3) is 0 Å². The van der Waals surface area contributed by atoms with Gasteiger partial charge in [-0.05, 0) is 68.2 Å². The fraction of sp³-hybridized carbons (Fsp3) is 0.640. The van der Waals surface area contributed by atoms with E-state index in [9.17, 15) is 4.79 Å². The summed E-state index contributed by atoms with van der Waals surface area (Å²) in [7, 11) is 1.78. The van der Waals surface area contributed by atoms with E-state index < -0.39 is 0 Å². The van der Waals surface area contributed by atoms with Gasteiger partial charge in [-0.2, -0.15) is 0 Å². The molecule has 168 valence electrons. The van der Waals surface area contributed by atoms with Crippen molar-refractivity contribution >= 4 is 5.91 Å². The van der Waals surface area contributed by atoms with Gasteiger partial charge < -0.3 is 19.1 Å². The number of likely N-dealkylation sites (tertiary alicyclic amines) is 1. The minimum absolute atomic E-state index is 0.0288. The Balaban J connectivity index is 1.03. The number of ether oxygens (including phenoxy) is 3. The molecule has 0 unspecified atom stereocenters. The first-order valence-electron chi connectivity index (χ1n) is 11.9. The van der Waals surface area contributed by atoms with E-state index in [2.05, 4.69) is 17.0 Å². The third-order valence-corrected chi connectivity index (χ3v) is 7.20. The number of nitrogens with zero attached hydrogens (tertiary/aromatic N) is 2. The van der Waals surface area contributed by atoms with Gasteiger partial charge in [0.25, 0.3) is 5.91 Å². The Kier molecular flexibility index (Phi) is 6.30. The van der Waals surface area contributed by atoms with Gasteiger partial charge in [-0.1, -0.05) is 12.1 Å². The summed E-state index contributed by atoms with van der Waals surface area (Å²) in [5, 5.41) is 0. The van der Waals surface area contributed by atoms with Crippen molar-refractivity contribution in [3.05, 3.63) is 41.7 Å². The number of hydrogen-bond acceptors (Lipinski definition) is 5. The van der Waals surface area contributed by atoms with Crippen molar-refractivity contribution in [3.63, 3.8) is 0 Å². The van der Waals surface area contributed by atoms with E-state index in [-0.39, 0.29) is 5.91 Å². The van der Waals surface area contributed by atoms with Crippen LogP contribution < -0.4 is 4.74 Å². The third-order valence-electron chi connectivity index (χ3n) is 7.20. The van der Waals surface area contributed by atoms with E-state index in [0.29, 0.717) is 30.6 Å². The first kappa shape index (κ1) is 21.0. The smallest absolute Gasteiger partial charge is 0.289 e. The van der Waals surface area contributed by atoms with Crippen molar-refractivity contribution in [1.29, 1.82) is 0 Å². The molecule has 0 N–H and O–H groups in total. The van der Waals surface area contributed by atoms with Gasteiger partial charge in [0.2, 0.25) is 0 Å². The van der Waals surface area contributed by atoms with Crippen LogP contribution in [0.3, 0.4) is 0 Å². The highest BCUT2D eigenvalue weighted by Gasteiger charge is 2.34. The second kappa shape index (κ2) is 9.31. The van der Waals surface area contributed by atoms with Crippen LogP contribution in [0.2, 0.25) is 0 Å². The molecule has 3 fully saturated rings. The van der Waals surface area contributed by atoms with Crippen molar-refractivity contribution < 1.29 is 19.0 Å². The Bertz CT molecular complexity index is 790. The Morgan fingerprint density at radius 3 is 2.39 bits per heavy atom. The van der Waals surface area contributed by atoms with Gasteiger partial charge in [0.1, 0.15) is 5.75 Å². The molecule has 0 atom stereocenters. The number of carbonyl (C=O) groups excluding carboxylic acids is 1. The molecule has 0 radical (unpaired) electrons. The normalized spacial score (nSPS) is 27.3. The zero-order valence-electron chi connectivity index (χ0n) is 18.5. The quantitative estimate of drug-likeness (QED) is 0.606. The SMILES string of the molecule is COC1CN(CCO[C@H]2CC[C@H](N3CC=C(Oc4ccc(C5CC5)cc4)C3=O)CC2)C1. The van der Waals surface area contributed by atoms with E-state index in [1.807, 2.05) is 23.1 Å². The molecule has 2 aliphatic carbocycles. The molecule has 1 aromatic carbocycles. The highest BCUT2D eigenvalue weighted by Crippen LogP contribution is 2.40. The van der Waals surface area contributed by atoms with Gasteiger partial charge in [0, 0.05) is 39.3 Å². The average molecular weight is 427 g/mol. The Labute approximate surface area is 185 Å². The molecule has 0 bridgehead atoms. The molecule has 0 aromatic heterocycles. The number of rotatable bonds is 9. The molecule has 0 spiro atoms. The van der Waals surface area contributed by atoms with Crippen molar-refractivity contribution in [3.8, 4) is 5.75 Å². The molecular weight excluding hydrogens is 392 g/mol. The molecule has 2 saturated carbocycles. The lowest BCUT2D eigenvalue weighted by Crippen LogP contribution is -2.52. The van der Waals surface area contributed by atoms with Gasteiger partial charge in [0.05, 0.1) is 18.8 Å². The lowest BCUT2D eigenvalue weighted by Gasteiger charge is -2.38. The summed E-state index contributed by atoms with van der Waals surface area (Å²) in [5.41, 5.74) is 1.38. The maximum atomic E-state index is 12.9. The number of benzene rings is 1. The van der Waals surface area contributed by atoms with E-state index >= 15 is 0 Å². The average Bonchev–Trinajstić information content (AvgIpc) is 3.55. The Morgan fingerprint density at radius 2 is 1.71 bits per heavy atom. The van der Waals surface area contributed by atoms with E-state index in [1.165, 1.54) is 18.4 Å². The molecule has 1 amide bonds. The minimum atomic E-state index is 0.0288. The molecule has 6 nitrogen and oxygen atoms in total. The predicted molar refractivity (Wildman–Crippen MR) is 118 cm³/mol. The number of methoxy groups -OCH3 is 1. The largest absolute Gasteiger partial charge is 0.452 e. The van der Waals surface area contributed by atoms with Crippen LogP contribution in [0.1, 0.15) is 50.0 Å². The fourth-order valence-electron chi connectivity index (χ4n) is 4.97. The summed E-state index contributed by atoms with van der Waals surface area (Å²) in [4.78, 5) is 17.3. The zero-order valence-corrected chi connectivity index (χ0v) is 18.5. The van der Waals surface area contributed by atoms with Crippen LogP contribution in [0.4, 0.5) is 0 Å². The van der Waals surface area contributed by atoms with Gasteiger partial charge in [-0.15, -0.1) is 0 Å². The maximum absolute atomic E-state index is 12.9. The van der Waals surface area contributed by atoms with Gasteiger partial charge in [-0.25, -0.2) is 0 Å². The van der Waals surface area contributed by atoms with Crippen LogP contribution in [-0.2, 0) is 14.3 Å². The molecule has 2 heterocycles. The van der Waals surface area contributed by atoms with Gasteiger partial charge >= 0.3 is 0 Å². The van der Waals surface area contributed by atoms with E-state index in [1.54, 1.807) is 7.11 Å². The summed E-state index contributed by atoms with van der Waals surface area (Å²) >= 11 is 0. The summed E-state index contributed by atoms with van der Waals surface area (Å²) in [6.45, 7) is 4.46. The summed E-state index contributed by atoms with van der Waals surface area (Å²) < 4.78 is 17.3. The van der Waals surface area contributed by atoms with E-state index in [0.717, 1.165) is 63.6 Å². The number of hydrogen-bond donors (Lipinski definition) is 0. The van der Waals surface area contributed by atoms with Crippen LogP contribution in [-0.4, -0.2) is 73.9 Å². The first-order chi connectivity index (χ1) is 15.2. The highest BCUT2D eigenvalue weighted by molar-refractivity contribution is 5.94. The number of carbonyl (C=O) groups is 1. The zero-order chi connectivity index (χ0) is 21.2. The molecule has 1 saturated heterocycles. The highest BCUT2D eigenvalue weighted by atomic mass is 16.5. The molecule has 4 aliphatic rings. The van der Waals surface area contributed by atoms with Crippen LogP contribution in [0.5, 0.6) is 5.75 Å². The van der Waals surface area contributed by atoms with Gasteiger partial charge in [-0.3, -0.25) is 9.69 Å². The predicted octanol–water partition coefficient (Wildman–Crippen LogP) is 3.33.